The van der Waals surface area contributed by atoms with Crippen LogP contribution in [0, 0.1) is 16.0 Å². The summed E-state index contributed by atoms with van der Waals surface area (Å²) in [5, 5.41) is 20.2. The van der Waals surface area contributed by atoms with Crippen LogP contribution in [0.5, 0.6) is 0 Å². The van der Waals surface area contributed by atoms with E-state index in [-0.39, 0.29) is 23.2 Å². The molecule has 8 nitrogen and oxygen atoms in total. The van der Waals surface area contributed by atoms with Gasteiger partial charge >= 0.3 is 11.7 Å². The highest BCUT2D eigenvalue weighted by Crippen LogP contribution is 2.31. The van der Waals surface area contributed by atoms with Crippen LogP contribution in [-0.2, 0) is 0 Å². The van der Waals surface area contributed by atoms with Gasteiger partial charge in [-0.05, 0) is 26.1 Å². The topological polar surface area (TPSA) is 99.8 Å². The van der Waals surface area contributed by atoms with Gasteiger partial charge in [0.25, 0.3) is 0 Å². The Morgan fingerprint density at radius 2 is 2.14 bits per heavy atom. The Labute approximate surface area is 122 Å². The van der Waals surface area contributed by atoms with Crippen molar-refractivity contribution in [2.45, 2.75) is 13.0 Å². The number of aromatic nitrogens is 1. The highest BCUT2D eigenvalue weighted by molar-refractivity contribution is 5.86. The van der Waals surface area contributed by atoms with Gasteiger partial charge in [0.05, 0.1) is 4.92 Å². The van der Waals surface area contributed by atoms with Crippen molar-refractivity contribution in [1.29, 1.82) is 0 Å². The third-order valence-electron chi connectivity index (χ3n) is 3.81. The van der Waals surface area contributed by atoms with E-state index in [0.717, 1.165) is 6.07 Å². The molecule has 0 saturated carbocycles. The molecule has 114 valence electrons. The minimum atomic E-state index is -1.19. The summed E-state index contributed by atoms with van der Waals surface area (Å²) in [6, 6.07) is 2.62. The van der Waals surface area contributed by atoms with E-state index in [0.29, 0.717) is 19.0 Å². The van der Waals surface area contributed by atoms with Crippen molar-refractivity contribution in [3.63, 3.8) is 0 Å². The van der Waals surface area contributed by atoms with Gasteiger partial charge in [0.15, 0.2) is 5.69 Å². The van der Waals surface area contributed by atoms with E-state index in [2.05, 4.69) is 16.8 Å². The van der Waals surface area contributed by atoms with Crippen LogP contribution in [0.15, 0.2) is 12.1 Å². The molecule has 1 aliphatic rings. The van der Waals surface area contributed by atoms with Gasteiger partial charge in [-0.15, -0.1) is 0 Å². The second-order valence-electron chi connectivity index (χ2n) is 5.51. The highest BCUT2D eigenvalue weighted by atomic mass is 16.6. The van der Waals surface area contributed by atoms with Gasteiger partial charge in [-0.25, -0.2) is 9.78 Å². The van der Waals surface area contributed by atoms with Crippen LogP contribution >= 0.6 is 0 Å². The molecule has 1 fully saturated rings. The van der Waals surface area contributed by atoms with Crippen molar-refractivity contribution in [2.24, 2.45) is 5.92 Å². The largest absolute Gasteiger partial charge is 0.477 e. The van der Waals surface area contributed by atoms with Gasteiger partial charge < -0.3 is 14.9 Å². The summed E-state index contributed by atoms with van der Waals surface area (Å²) in [5.41, 5.74) is -0.344. The first-order chi connectivity index (χ1) is 9.81. The number of pyridine rings is 1. The lowest BCUT2D eigenvalue weighted by Crippen LogP contribution is -2.34. The Bertz CT molecular complexity index is 575. The number of aromatic carboxylic acids is 1. The average molecular weight is 294 g/mol. The molecule has 0 aromatic carbocycles. The summed E-state index contributed by atoms with van der Waals surface area (Å²) >= 11 is 0. The molecule has 8 heteroatoms. The minimum absolute atomic E-state index is 0.135. The summed E-state index contributed by atoms with van der Waals surface area (Å²) in [5.74, 6) is -0.742. The van der Waals surface area contributed by atoms with E-state index in [9.17, 15) is 14.9 Å². The Morgan fingerprint density at radius 1 is 1.48 bits per heavy atom. The lowest BCUT2D eigenvalue weighted by Gasteiger charge is -2.22. The molecule has 2 unspecified atom stereocenters. The Morgan fingerprint density at radius 3 is 2.62 bits per heavy atom. The average Bonchev–Trinajstić information content (AvgIpc) is 2.80. The molecule has 2 atom stereocenters. The number of nitrogens with zero attached hydrogens (tertiary/aromatic N) is 4. The first-order valence-corrected chi connectivity index (χ1v) is 6.61. The first-order valence-electron chi connectivity index (χ1n) is 6.61. The number of nitro groups is 1. The molecule has 1 N–H and O–H groups in total. The van der Waals surface area contributed by atoms with Crippen LogP contribution in [0.4, 0.5) is 11.5 Å². The summed E-state index contributed by atoms with van der Waals surface area (Å²) in [4.78, 5) is 29.5. The Hall–Kier alpha value is -2.22. The molecule has 0 amide bonds. The summed E-state index contributed by atoms with van der Waals surface area (Å²) in [7, 11) is 3.92. The lowest BCUT2D eigenvalue weighted by molar-refractivity contribution is -0.384. The van der Waals surface area contributed by atoms with Crippen LogP contribution in [-0.4, -0.2) is 59.1 Å². The van der Waals surface area contributed by atoms with E-state index in [1.807, 2.05) is 14.1 Å². The molecule has 0 radical (unpaired) electrons. The van der Waals surface area contributed by atoms with Gasteiger partial charge in [0, 0.05) is 25.2 Å². The number of rotatable bonds is 4. The van der Waals surface area contributed by atoms with Crippen LogP contribution in [0.3, 0.4) is 0 Å². The molecule has 1 aliphatic heterocycles. The third-order valence-corrected chi connectivity index (χ3v) is 3.81. The highest BCUT2D eigenvalue weighted by Gasteiger charge is 2.35. The Balaban J connectivity index is 2.40. The quantitative estimate of drug-likeness (QED) is 0.655. The van der Waals surface area contributed by atoms with E-state index in [1.165, 1.54) is 6.07 Å². The number of hydrogen-bond acceptors (Lipinski definition) is 6. The fourth-order valence-corrected chi connectivity index (χ4v) is 2.73. The molecule has 2 heterocycles. The monoisotopic (exact) mass is 294 g/mol. The van der Waals surface area contributed by atoms with Crippen molar-refractivity contribution in [2.75, 3.05) is 32.1 Å². The van der Waals surface area contributed by atoms with E-state index >= 15 is 0 Å². The van der Waals surface area contributed by atoms with Crippen molar-refractivity contribution in [1.82, 2.24) is 9.88 Å². The number of carboxylic acids is 1. The van der Waals surface area contributed by atoms with E-state index in [4.69, 9.17) is 5.11 Å². The van der Waals surface area contributed by atoms with Crippen LogP contribution in [0.2, 0.25) is 0 Å². The van der Waals surface area contributed by atoms with E-state index < -0.39 is 10.9 Å². The summed E-state index contributed by atoms with van der Waals surface area (Å²) in [6.45, 7) is 3.27. The molecule has 1 aromatic heterocycles. The van der Waals surface area contributed by atoms with Gasteiger partial charge in [0.2, 0.25) is 5.82 Å². The Kier molecular flexibility index (Phi) is 4.08. The molecule has 1 saturated heterocycles. The van der Waals surface area contributed by atoms with Crippen LogP contribution in [0.1, 0.15) is 17.4 Å². The van der Waals surface area contributed by atoms with Gasteiger partial charge in [-0.3, -0.25) is 10.1 Å². The van der Waals surface area contributed by atoms with Crippen molar-refractivity contribution in [3.8, 4) is 0 Å². The second kappa shape index (κ2) is 5.65. The molecule has 1 aromatic rings. The maximum atomic E-state index is 11.1. The number of likely N-dealkylation sites (N-methyl/N-ethyl adjacent to an activating group) is 1. The van der Waals surface area contributed by atoms with Crippen molar-refractivity contribution in [3.05, 3.63) is 27.9 Å². The SMILES string of the molecule is CC1CN(c2nc(C(=O)O)ccc2[N+](=O)[O-])CC1N(C)C. The number of hydrogen-bond donors (Lipinski definition) is 1. The van der Waals surface area contributed by atoms with Crippen molar-refractivity contribution >= 4 is 17.5 Å². The molecular formula is C13H18N4O4. The number of carbonyl (C=O) groups is 1. The van der Waals surface area contributed by atoms with Gasteiger partial charge in [-0.2, -0.15) is 0 Å². The van der Waals surface area contributed by atoms with Crippen molar-refractivity contribution < 1.29 is 14.8 Å². The smallest absolute Gasteiger partial charge is 0.354 e. The standard InChI is InChI=1S/C13H18N4O4/c1-8-6-16(7-11(8)15(2)3)12-10(17(20)21)5-4-9(14-12)13(18)19/h4-5,8,11H,6-7H2,1-3H3,(H,18,19). The molecule has 0 spiro atoms. The first kappa shape index (κ1) is 15.2. The molecule has 21 heavy (non-hydrogen) atoms. The van der Waals surface area contributed by atoms with Gasteiger partial charge in [-0.1, -0.05) is 6.92 Å². The van der Waals surface area contributed by atoms with E-state index in [1.54, 1.807) is 4.90 Å². The number of carboxylic acid groups (broad SMARTS) is 1. The molecule has 0 bridgehead atoms. The molecule has 2 rings (SSSR count). The third kappa shape index (κ3) is 2.94. The minimum Gasteiger partial charge on any atom is -0.477 e. The zero-order chi connectivity index (χ0) is 15.7. The predicted octanol–water partition coefficient (Wildman–Crippen LogP) is 1.07. The second-order valence-corrected chi connectivity index (χ2v) is 5.51. The molecular weight excluding hydrogens is 276 g/mol. The van der Waals surface area contributed by atoms with Crippen LogP contribution < -0.4 is 4.90 Å². The van der Waals surface area contributed by atoms with Gasteiger partial charge in [0.1, 0.15) is 0 Å². The number of anilines is 1. The maximum absolute atomic E-state index is 11.1. The zero-order valence-electron chi connectivity index (χ0n) is 12.2. The lowest BCUT2D eigenvalue weighted by atomic mass is 10.1. The zero-order valence-corrected chi connectivity index (χ0v) is 12.2. The predicted molar refractivity (Wildman–Crippen MR) is 76.7 cm³/mol. The normalized spacial score (nSPS) is 21.8. The summed E-state index contributed by atoms with van der Waals surface area (Å²) < 4.78 is 0. The summed E-state index contributed by atoms with van der Waals surface area (Å²) in [6.07, 6.45) is 0. The fourth-order valence-electron chi connectivity index (χ4n) is 2.73. The van der Waals surface area contributed by atoms with Crippen LogP contribution in [0.25, 0.3) is 0 Å². The molecule has 0 aliphatic carbocycles. The maximum Gasteiger partial charge on any atom is 0.354 e. The fraction of sp³-hybridized carbons (Fsp3) is 0.538.